The minimum Gasteiger partial charge on any atom is -0.367 e. The fourth-order valence-corrected chi connectivity index (χ4v) is 3.40. The molecular formula is C21H25FN4S. The van der Waals surface area contributed by atoms with Crippen LogP contribution >= 0.6 is 11.8 Å². The molecule has 1 N–H and O–H groups in total. The number of rotatable bonds is 6. The second kappa shape index (κ2) is 8.13. The Balaban J connectivity index is 2.08. The van der Waals surface area contributed by atoms with Crippen molar-refractivity contribution in [1.82, 2.24) is 14.5 Å². The average molecular weight is 385 g/mol. The third-order valence-corrected chi connectivity index (χ3v) is 5.49. The highest BCUT2D eigenvalue weighted by Crippen LogP contribution is 2.35. The molecule has 6 heteroatoms. The van der Waals surface area contributed by atoms with Crippen LogP contribution in [0, 0.1) is 11.7 Å². The van der Waals surface area contributed by atoms with Gasteiger partial charge in [-0.05, 0) is 55.5 Å². The van der Waals surface area contributed by atoms with Crippen LogP contribution < -0.4 is 5.32 Å². The first-order chi connectivity index (χ1) is 12.9. The number of benzene rings is 1. The van der Waals surface area contributed by atoms with Crippen LogP contribution in [0.3, 0.4) is 0 Å². The van der Waals surface area contributed by atoms with Gasteiger partial charge >= 0.3 is 0 Å². The molecule has 1 aromatic carbocycles. The Morgan fingerprint density at radius 3 is 2.41 bits per heavy atom. The van der Waals surface area contributed by atoms with Gasteiger partial charge in [-0.2, -0.15) is 0 Å². The summed E-state index contributed by atoms with van der Waals surface area (Å²) in [7, 11) is 2.01. The highest BCUT2D eigenvalue weighted by molar-refractivity contribution is 7.98. The number of hydrogen-bond donors (Lipinski definition) is 1. The first kappa shape index (κ1) is 19.4. The smallest absolute Gasteiger partial charge is 0.168 e. The van der Waals surface area contributed by atoms with Crippen molar-refractivity contribution in [3.63, 3.8) is 0 Å². The van der Waals surface area contributed by atoms with Crippen molar-refractivity contribution in [3.8, 4) is 22.5 Å². The summed E-state index contributed by atoms with van der Waals surface area (Å²) in [6.07, 6.45) is 3.81. The fraction of sp³-hybridized carbons (Fsp3) is 0.333. The van der Waals surface area contributed by atoms with E-state index >= 15 is 0 Å². The van der Waals surface area contributed by atoms with Crippen LogP contribution in [0.5, 0.6) is 0 Å². The van der Waals surface area contributed by atoms with Crippen LogP contribution in [0.2, 0.25) is 0 Å². The van der Waals surface area contributed by atoms with E-state index < -0.39 is 0 Å². The number of anilines is 1. The van der Waals surface area contributed by atoms with Crippen molar-refractivity contribution < 1.29 is 4.39 Å². The molecule has 1 unspecified atom stereocenters. The highest BCUT2D eigenvalue weighted by atomic mass is 32.2. The molecule has 0 aliphatic rings. The third kappa shape index (κ3) is 4.16. The molecule has 4 nitrogen and oxygen atoms in total. The molecule has 0 aliphatic heterocycles. The maximum Gasteiger partial charge on any atom is 0.168 e. The predicted octanol–water partition coefficient (Wildman–Crippen LogP) is 5.47. The van der Waals surface area contributed by atoms with Crippen LogP contribution in [0.1, 0.15) is 20.8 Å². The van der Waals surface area contributed by atoms with E-state index in [0.717, 1.165) is 33.5 Å². The van der Waals surface area contributed by atoms with Gasteiger partial charge in [0.2, 0.25) is 0 Å². The van der Waals surface area contributed by atoms with E-state index in [1.807, 2.05) is 31.6 Å². The standard InChI is InChI=1S/C21H25FN4S/c1-13(2)14(3)24-18-12-16(10-11-23-18)20-19(25-21(27-5)26(20)4)15-6-8-17(22)9-7-15/h6-14H,1-5H3,(H,23,24). The van der Waals surface area contributed by atoms with E-state index in [4.69, 9.17) is 4.98 Å². The maximum absolute atomic E-state index is 13.4. The van der Waals surface area contributed by atoms with Crippen molar-refractivity contribution >= 4 is 17.6 Å². The lowest BCUT2D eigenvalue weighted by atomic mass is 10.0. The average Bonchev–Trinajstić information content (AvgIpc) is 2.99. The van der Waals surface area contributed by atoms with E-state index in [1.165, 1.54) is 12.1 Å². The van der Waals surface area contributed by atoms with Crippen LogP contribution in [0.4, 0.5) is 10.2 Å². The summed E-state index contributed by atoms with van der Waals surface area (Å²) in [5.74, 6) is 1.09. The Kier molecular flexibility index (Phi) is 5.85. The lowest BCUT2D eigenvalue weighted by Crippen LogP contribution is -2.22. The van der Waals surface area contributed by atoms with E-state index in [-0.39, 0.29) is 5.82 Å². The first-order valence-electron chi connectivity index (χ1n) is 9.00. The quantitative estimate of drug-likeness (QED) is 0.573. The summed E-state index contributed by atoms with van der Waals surface area (Å²) in [4.78, 5) is 9.25. The lowest BCUT2D eigenvalue weighted by Gasteiger charge is -2.18. The zero-order valence-electron chi connectivity index (χ0n) is 16.3. The molecule has 1 atom stereocenters. The molecular weight excluding hydrogens is 359 g/mol. The second-order valence-electron chi connectivity index (χ2n) is 6.97. The minimum absolute atomic E-state index is 0.251. The summed E-state index contributed by atoms with van der Waals surface area (Å²) in [6.45, 7) is 6.51. The van der Waals surface area contributed by atoms with Gasteiger partial charge in [0.1, 0.15) is 11.6 Å². The van der Waals surface area contributed by atoms with Crippen molar-refractivity contribution in [2.24, 2.45) is 13.0 Å². The first-order valence-corrected chi connectivity index (χ1v) is 10.2. The highest BCUT2D eigenvalue weighted by Gasteiger charge is 2.18. The van der Waals surface area contributed by atoms with E-state index in [9.17, 15) is 4.39 Å². The van der Waals surface area contributed by atoms with Gasteiger partial charge in [-0.3, -0.25) is 0 Å². The molecule has 0 fully saturated rings. The van der Waals surface area contributed by atoms with Gasteiger partial charge in [0, 0.05) is 30.4 Å². The molecule has 142 valence electrons. The summed E-state index contributed by atoms with van der Waals surface area (Å²) < 4.78 is 15.4. The predicted molar refractivity (Wildman–Crippen MR) is 112 cm³/mol. The van der Waals surface area contributed by atoms with Crippen molar-refractivity contribution in [2.75, 3.05) is 11.6 Å². The molecule has 0 spiro atoms. The van der Waals surface area contributed by atoms with Gasteiger partial charge in [0.25, 0.3) is 0 Å². The second-order valence-corrected chi connectivity index (χ2v) is 7.74. The fourth-order valence-electron chi connectivity index (χ4n) is 2.86. The molecule has 0 aliphatic carbocycles. The number of imidazole rings is 1. The largest absolute Gasteiger partial charge is 0.367 e. The third-order valence-electron chi connectivity index (χ3n) is 4.76. The molecule has 0 radical (unpaired) electrons. The van der Waals surface area contributed by atoms with Crippen molar-refractivity contribution in [2.45, 2.75) is 32.0 Å². The van der Waals surface area contributed by atoms with E-state index in [0.29, 0.717) is 12.0 Å². The topological polar surface area (TPSA) is 42.7 Å². The number of hydrogen-bond acceptors (Lipinski definition) is 4. The zero-order chi connectivity index (χ0) is 19.6. The molecule has 27 heavy (non-hydrogen) atoms. The molecule has 3 aromatic rings. The Hall–Kier alpha value is -2.34. The Bertz CT molecular complexity index is 918. The van der Waals surface area contributed by atoms with Crippen LogP contribution in [0.25, 0.3) is 22.5 Å². The molecule has 0 saturated heterocycles. The number of nitrogens with zero attached hydrogens (tertiary/aromatic N) is 3. The van der Waals surface area contributed by atoms with Gasteiger partial charge in [-0.25, -0.2) is 14.4 Å². The summed E-state index contributed by atoms with van der Waals surface area (Å²) in [5, 5.41) is 4.37. The van der Waals surface area contributed by atoms with Crippen LogP contribution in [0.15, 0.2) is 47.8 Å². The Labute approximate surface area is 164 Å². The van der Waals surface area contributed by atoms with Crippen molar-refractivity contribution in [3.05, 3.63) is 48.4 Å². The van der Waals surface area contributed by atoms with Gasteiger partial charge < -0.3 is 9.88 Å². The van der Waals surface area contributed by atoms with Gasteiger partial charge in [0.15, 0.2) is 5.16 Å². The van der Waals surface area contributed by atoms with Gasteiger partial charge in [0.05, 0.1) is 11.4 Å². The summed E-state index contributed by atoms with van der Waals surface area (Å²) >= 11 is 1.59. The zero-order valence-corrected chi connectivity index (χ0v) is 17.1. The molecule has 2 aromatic heterocycles. The summed E-state index contributed by atoms with van der Waals surface area (Å²) in [5.41, 5.74) is 3.76. The summed E-state index contributed by atoms with van der Waals surface area (Å²) in [6, 6.07) is 10.8. The number of halogens is 1. The Morgan fingerprint density at radius 1 is 1.07 bits per heavy atom. The Morgan fingerprint density at radius 2 is 1.78 bits per heavy atom. The van der Waals surface area contributed by atoms with E-state index in [1.54, 1.807) is 23.9 Å². The van der Waals surface area contributed by atoms with Crippen LogP contribution in [-0.4, -0.2) is 26.8 Å². The number of pyridine rings is 1. The normalized spacial score (nSPS) is 12.4. The number of nitrogens with one attached hydrogen (secondary N) is 1. The van der Waals surface area contributed by atoms with E-state index in [2.05, 4.69) is 35.6 Å². The lowest BCUT2D eigenvalue weighted by molar-refractivity contribution is 0.558. The molecule has 2 heterocycles. The molecule has 0 amide bonds. The minimum atomic E-state index is -0.251. The molecule has 0 saturated carbocycles. The molecule has 3 rings (SSSR count). The SMILES string of the molecule is CSc1nc(-c2ccc(F)cc2)c(-c2ccnc(NC(C)C(C)C)c2)n1C. The monoisotopic (exact) mass is 384 g/mol. The van der Waals surface area contributed by atoms with Gasteiger partial charge in [-0.1, -0.05) is 25.6 Å². The van der Waals surface area contributed by atoms with Crippen LogP contribution in [-0.2, 0) is 7.05 Å². The maximum atomic E-state index is 13.4. The molecule has 0 bridgehead atoms. The van der Waals surface area contributed by atoms with Gasteiger partial charge in [-0.15, -0.1) is 0 Å². The van der Waals surface area contributed by atoms with Crippen molar-refractivity contribution in [1.29, 1.82) is 0 Å². The number of thioether (sulfide) groups is 1. The number of aromatic nitrogens is 3.